The van der Waals surface area contributed by atoms with Crippen molar-refractivity contribution in [2.75, 3.05) is 6.54 Å². The van der Waals surface area contributed by atoms with Gasteiger partial charge >= 0.3 is 18.0 Å². The molecule has 0 aromatic heterocycles. The summed E-state index contributed by atoms with van der Waals surface area (Å²) in [6.45, 7) is 5.36. The van der Waals surface area contributed by atoms with Gasteiger partial charge in [0, 0.05) is 0 Å². The Kier molecular flexibility index (Phi) is 8.34. The third-order valence-corrected chi connectivity index (χ3v) is 6.41. The van der Waals surface area contributed by atoms with Crippen LogP contribution in [0, 0.1) is 11.3 Å². The fourth-order valence-electron chi connectivity index (χ4n) is 4.68. The van der Waals surface area contributed by atoms with Gasteiger partial charge in [-0.15, -0.1) is 0 Å². The summed E-state index contributed by atoms with van der Waals surface area (Å²) < 4.78 is 5.18. The standard InChI is InChI=1S/C27H32N2O7/c1-27(2,3)20-13-18-11-7-8-12-19(18)24(20)29(15-23(32)33)25(34)21(14-22(30)31)28-26(35)36-16-17-9-5-4-6-10-17/h4-12,20-21,24H,13-16H2,1-3H3,(H,28,35)(H,30,31)(H,32,33)/t20?,21-,24?/m0/s1. The fourth-order valence-corrected chi connectivity index (χ4v) is 4.68. The molecule has 0 fully saturated rings. The van der Waals surface area contributed by atoms with Crippen LogP contribution in [0.2, 0.25) is 0 Å². The Bertz CT molecular complexity index is 1110. The van der Waals surface area contributed by atoms with Crippen LogP contribution in [0.4, 0.5) is 4.79 Å². The van der Waals surface area contributed by atoms with Gasteiger partial charge in [0.05, 0.1) is 12.5 Å². The molecule has 1 aliphatic rings. The van der Waals surface area contributed by atoms with E-state index in [4.69, 9.17) is 4.74 Å². The molecule has 3 N–H and O–H groups in total. The molecule has 0 heterocycles. The second kappa shape index (κ2) is 11.2. The van der Waals surface area contributed by atoms with E-state index in [1.54, 1.807) is 24.3 Å². The number of hydrogen-bond donors (Lipinski definition) is 3. The number of alkyl carbamates (subject to hydrolysis) is 1. The van der Waals surface area contributed by atoms with Crippen LogP contribution >= 0.6 is 0 Å². The van der Waals surface area contributed by atoms with Gasteiger partial charge < -0.3 is 25.2 Å². The zero-order chi connectivity index (χ0) is 26.5. The number of ether oxygens (including phenoxy) is 1. The van der Waals surface area contributed by atoms with E-state index in [0.29, 0.717) is 6.42 Å². The number of carbonyl (C=O) groups excluding carboxylic acids is 2. The highest BCUT2D eigenvalue weighted by atomic mass is 16.5. The minimum atomic E-state index is -1.50. The number of amides is 2. The van der Waals surface area contributed by atoms with Crippen molar-refractivity contribution in [2.24, 2.45) is 11.3 Å². The molecule has 192 valence electrons. The lowest BCUT2D eigenvalue weighted by Gasteiger charge is -2.40. The SMILES string of the molecule is CC(C)(C)C1Cc2ccccc2C1N(CC(=O)O)C(=O)[C@H](CC(=O)O)NC(=O)OCc1ccccc1. The van der Waals surface area contributed by atoms with Crippen LogP contribution in [-0.2, 0) is 32.1 Å². The molecule has 0 saturated carbocycles. The molecule has 2 amide bonds. The van der Waals surface area contributed by atoms with Gasteiger partial charge in [-0.1, -0.05) is 75.4 Å². The van der Waals surface area contributed by atoms with Gasteiger partial charge in [-0.25, -0.2) is 4.79 Å². The van der Waals surface area contributed by atoms with Crippen LogP contribution in [0.5, 0.6) is 0 Å². The second-order valence-corrected chi connectivity index (χ2v) is 10.0. The van der Waals surface area contributed by atoms with Crippen LogP contribution in [0.25, 0.3) is 0 Å². The summed E-state index contributed by atoms with van der Waals surface area (Å²) in [6.07, 6.45) is -1.04. The number of rotatable bonds is 9. The van der Waals surface area contributed by atoms with E-state index in [0.717, 1.165) is 16.7 Å². The highest BCUT2D eigenvalue weighted by Gasteiger charge is 2.46. The summed E-state index contributed by atoms with van der Waals surface area (Å²) in [7, 11) is 0. The Balaban J connectivity index is 1.89. The predicted molar refractivity (Wildman–Crippen MR) is 131 cm³/mol. The van der Waals surface area contributed by atoms with E-state index in [2.05, 4.69) is 5.32 Å². The summed E-state index contributed by atoms with van der Waals surface area (Å²) in [6, 6.07) is 14.3. The maximum Gasteiger partial charge on any atom is 0.408 e. The van der Waals surface area contributed by atoms with Gasteiger partial charge in [0.2, 0.25) is 5.91 Å². The van der Waals surface area contributed by atoms with Crippen LogP contribution < -0.4 is 5.32 Å². The Hall–Kier alpha value is -3.88. The van der Waals surface area contributed by atoms with Gasteiger partial charge in [-0.05, 0) is 34.4 Å². The quantitative estimate of drug-likeness (QED) is 0.483. The number of fused-ring (bicyclic) bond motifs is 1. The number of aliphatic carboxylic acids is 2. The average molecular weight is 497 g/mol. The highest BCUT2D eigenvalue weighted by molar-refractivity contribution is 5.91. The van der Waals surface area contributed by atoms with E-state index >= 15 is 0 Å². The normalized spacial score (nSPS) is 17.5. The van der Waals surface area contributed by atoms with Crippen molar-refractivity contribution in [2.45, 2.75) is 52.3 Å². The number of benzene rings is 2. The van der Waals surface area contributed by atoms with Gasteiger partial charge in [0.25, 0.3) is 0 Å². The molecule has 0 spiro atoms. The minimum Gasteiger partial charge on any atom is -0.481 e. The molecule has 9 nitrogen and oxygen atoms in total. The third-order valence-electron chi connectivity index (χ3n) is 6.41. The fraction of sp³-hybridized carbons (Fsp3) is 0.407. The lowest BCUT2D eigenvalue weighted by molar-refractivity contribution is -0.150. The molecule has 9 heteroatoms. The molecule has 2 unspecified atom stereocenters. The molecule has 0 saturated heterocycles. The van der Waals surface area contributed by atoms with Crippen LogP contribution in [-0.4, -0.2) is 51.6 Å². The zero-order valence-electron chi connectivity index (χ0n) is 20.6. The van der Waals surface area contributed by atoms with E-state index in [-0.39, 0.29) is 17.9 Å². The summed E-state index contributed by atoms with van der Waals surface area (Å²) in [5.74, 6) is -3.45. The molecule has 2 aromatic rings. The van der Waals surface area contributed by atoms with Crippen LogP contribution in [0.1, 0.15) is 49.9 Å². The van der Waals surface area contributed by atoms with Crippen molar-refractivity contribution < 1.29 is 34.1 Å². The summed E-state index contributed by atoms with van der Waals surface area (Å²) >= 11 is 0. The van der Waals surface area contributed by atoms with Crippen molar-refractivity contribution in [3.63, 3.8) is 0 Å². The summed E-state index contributed by atoms with van der Waals surface area (Å²) in [5.41, 5.74) is 2.27. The lowest BCUT2D eigenvalue weighted by Crippen LogP contribution is -2.53. The monoisotopic (exact) mass is 496 g/mol. The molecule has 3 atom stereocenters. The average Bonchev–Trinajstić information content (AvgIpc) is 3.21. The molecular weight excluding hydrogens is 464 g/mol. The number of nitrogens with one attached hydrogen (secondary N) is 1. The summed E-state index contributed by atoms with van der Waals surface area (Å²) in [4.78, 5) is 50.8. The van der Waals surface area contributed by atoms with E-state index in [1.807, 2.05) is 51.1 Å². The molecule has 3 rings (SSSR count). The molecule has 0 radical (unpaired) electrons. The predicted octanol–water partition coefficient (Wildman–Crippen LogP) is 3.63. The lowest BCUT2D eigenvalue weighted by atomic mass is 9.76. The van der Waals surface area contributed by atoms with E-state index in [1.165, 1.54) is 4.90 Å². The van der Waals surface area contributed by atoms with Crippen molar-refractivity contribution in [3.8, 4) is 0 Å². The molecule has 2 aromatic carbocycles. The smallest absolute Gasteiger partial charge is 0.408 e. The van der Waals surface area contributed by atoms with Gasteiger partial charge in [0.1, 0.15) is 19.2 Å². The number of carbonyl (C=O) groups is 4. The van der Waals surface area contributed by atoms with Crippen LogP contribution in [0.15, 0.2) is 54.6 Å². The minimum absolute atomic E-state index is 0.0679. The first-order valence-electron chi connectivity index (χ1n) is 11.8. The van der Waals surface area contributed by atoms with Gasteiger partial charge in [-0.2, -0.15) is 0 Å². The molecular formula is C27H32N2O7. The maximum absolute atomic E-state index is 13.7. The Labute approximate surface area is 210 Å². The number of carboxylic acids is 2. The second-order valence-electron chi connectivity index (χ2n) is 10.0. The van der Waals surface area contributed by atoms with Crippen molar-refractivity contribution in [3.05, 3.63) is 71.3 Å². The van der Waals surface area contributed by atoms with Gasteiger partial charge in [0.15, 0.2) is 0 Å². The first kappa shape index (κ1) is 26.7. The molecule has 0 bridgehead atoms. The van der Waals surface area contributed by atoms with Crippen LogP contribution in [0.3, 0.4) is 0 Å². The topological polar surface area (TPSA) is 133 Å². The molecule has 0 aliphatic heterocycles. The first-order chi connectivity index (χ1) is 17.0. The first-order valence-corrected chi connectivity index (χ1v) is 11.8. The highest BCUT2D eigenvalue weighted by Crippen LogP contribution is 2.48. The Morgan fingerprint density at radius 3 is 2.25 bits per heavy atom. The maximum atomic E-state index is 13.7. The van der Waals surface area contributed by atoms with Gasteiger partial charge in [-0.3, -0.25) is 14.4 Å². The number of carboxylic acid groups (broad SMARTS) is 2. The third kappa shape index (κ3) is 6.62. The summed E-state index contributed by atoms with van der Waals surface area (Å²) in [5, 5.41) is 21.5. The Morgan fingerprint density at radius 1 is 1.00 bits per heavy atom. The molecule has 36 heavy (non-hydrogen) atoms. The van der Waals surface area contributed by atoms with Crippen molar-refractivity contribution in [1.82, 2.24) is 10.2 Å². The number of hydrogen-bond acceptors (Lipinski definition) is 5. The van der Waals surface area contributed by atoms with E-state index in [9.17, 15) is 29.4 Å². The Morgan fingerprint density at radius 2 is 1.64 bits per heavy atom. The number of nitrogens with zero attached hydrogens (tertiary/aromatic N) is 1. The van der Waals surface area contributed by atoms with Crippen molar-refractivity contribution >= 4 is 23.9 Å². The molecule has 1 aliphatic carbocycles. The largest absolute Gasteiger partial charge is 0.481 e. The zero-order valence-corrected chi connectivity index (χ0v) is 20.6. The van der Waals surface area contributed by atoms with E-state index < -0.39 is 49.0 Å². The van der Waals surface area contributed by atoms with Crippen molar-refractivity contribution in [1.29, 1.82) is 0 Å².